The third kappa shape index (κ3) is 14.2. The standard InChI is InChI=1S/C43H59N7O7/c1-33(34-13-15-38(16-14-34)57-27-7-5-4-6-25-54-28-30-56-31-29-55-26-9-12-39(51)53-3)45-41(52)36-10-8-11-37(32-36)47-43(19-23-50(2)24-20-43)42-46-40(48-49-42)35-17-21-44-22-18-35/h8,10-11,13-18,21-22,32-33,47H,4-7,9,12,19-20,23-31H2,1-3H3,(H,45,52)(H,46,48,49)/t33-/m1/s1. The molecule has 57 heavy (non-hydrogen) atoms. The maximum Gasteiger partial charge on any atom is 0.305 e. The van der Waals surface area contributed by atoms with Crippen molar-refractivity contribution in [3.05, 3.63) is 90.0 Å². The highest BCUT2D eigenvalue weighted by molar-refractivity contribution is 5.95. The van der Waals surface area contributed by atoms with Gasteiger partial charge in [-0.15, -0.1) is 0 Å². The first kappa shape index (κ1) is 43.2. The number of methoxy groups -OCH3 is 1. The normalized spacial score (nSPS) is 14.5. The number of carbonyl (C=O) groups is 2. The van der Waals surface area contributed by atoms with Crippen LogP contribution in [0.3, 0.4) is 0 Å². The van der Waals surface area contributed by atoms with Crippen LogP contribution in [0, 0.1) is 0 Å². The molecule has 3 N–H and O–H groups in total. The lowest BCUT2D eigenvalue weighted by molar-refractivity contribution is -0.141. The summed E-state index contributed by atoms with van der Waals surface area (Å²) in [5.74, 6) is 1.87. The Labute approximate surface area is 336 Å². The van der Waals surface area contributed by atoms with E-state index in [9.17, 15) is 9.59 Å². The minimum absolute atomic E-state index is 0.144. The summed E-state index contributed by atoms with van der Waals surface area (Å²) in [4.78, 5) is 35.8. The Balaban J connectivity index is 0.972. The molecule has 308 valence electrons. The number of aromatic nitrogens is 4. The lowest BCUT2D eigenvalue weighted by atomic mass is 9.86. The van der Waals surface area contributed by atoms with Gasteiger partial charge in [-0.25, -0.2) is 4.98 Å². The van der Waals surface area contributed by atoms with Gasteiger partial charge in [-0.2, -0.15) is 5.10 Å². The number of anilines is 1. The lowest BCUT2D eigenvalue weighted by Crippen LogP contribution is -2.46. The zero-order valence-corrected chi connectivity index (χ0v) is 33.7. The molecule has 14 heteroatoms. The van der Waals surface area contributed by atoms with Gasteiger partial charge in [0.2, 0.25) is 0 Å². The number of likely N-dealkylation sites (tertiary alicyclic amines) is 1. The summed E-state index contributed by atoms with van der Waals surface area (Å²) in [5.41, 5.74) is 2.87. The smallest absolute Gasteiger partial charge is 0.305 e. The first-order chi connectivity index (χ1) is 27.8. The average Bonchev–Trinajstić information content (AvgIpc) is 3.75. The molecule has 2 aromatic heterocycles. The Kier molecular flexibility index (Phi) is 17.7. The molecule has 0 saturated carbocycles. The maximum absolute atomic E-state index is 13.5. The Morgan fingerprint density at radius 3 is 2.21 bits per heavy atom. The van der Waals surface area contributed by atoms with Crippen molar-refractivity contribution in [2.24, 2.45) is 0 Å². The molecule has 0 radical (unpaired) electrons. The Hall–Kier alpha value is -4.89. The summed E-state index contributed by atoms with van der Waals surface area (Å²) in [5, 5.41) is 14.6. The number of amides is 1. The Morgan fingerprint density at radius 1 is 0.842 bits per heavy atom. The van der Waals surface area contributed by atoms with Crippen molar-refractivity contribution in [3.63, 3.8) is 0 Å². The van der Waals surface area contributed by atoms with Crippen LogP contribution in [0.2, 0.25) is 0 Å². The number of ether oxygens (including phenoxy) is 5. The molecule has 4 aromatic rings. The number of pyridine rings is 1. The molecule has 1 aliphatic heterocycles. The van der Waals surface area contributed by atoms with E-state index < -0.39 is 5.54 Å². The van der Waals surface area contributed by atoms with Gasteiger partial charge in [0, 0.05) is 61.9 Å². The van der Waals surface area contributed by atoms with E-state index in [-0.39, 0.29) is 17.9 Å². The molecular formula is C43H59N7O7. The van der Waals surface area contributed by atoms with Crippen LogP contribution in [0.25, 0.3) is 11.4 Å². The Morgan fingerprint density at radius 2 is 1.51 bits per heavy atom. The molecule has 1 saturated heterocycles. The molecule has 1 amide bonds. The summed E-state index contributed by atoms with van der Waals surface area (Å²) >= 11 is 0. The number of unbranched alkanes of at least 4 members (excludes halogenated alkanes) is 3. The minimum atomic E-state index is -0.462. The number of hydrogen-bond acceptors (Lipinski definition) is 12. The van der Waals surface area contributed by atoms with E-state index in [1.54, 1.807) is 12.4 Å². The van der Waals surface area contributed by atoms with Crippen LogP contribution >= 0.6 is 0 Å². The predicted molar refractivity (Wildman–Crippen MR) is 218 cm³/mol. The summed E-state index contributed by atoms with van der Waals surface area (Å²) in [6.45, 7) is 7.78. The molecule has 1 aliphatic rings. The first-order valence-electron chi connectivity index (χ1n) is 20.1. The van der Waals surface area contributed by atoms with E-state index in [4.69, 9.17) is 23.9 Å². The van der Waals surface area contributed by atoms with Crippen LogP contribution in [0.1, 0.15) is 86.1 Å². The molecule has 5 rings (SSSR count). The van der Waals surface area contributed by atoms with E-state index in [0.717, 1.165) is 80.0 Å². The fourth-order valence-electron chi connectivity index (χ4n) is 6.57. The second kappa shape index (κ2) is 23.4. The predicted octanol–water partition coefficient (Wildman–Crippen LogP) is 6.33. The van der Waals surface area contributed by atoms with Gasteiger partial charge in [0.1, 0.15) is 5.75 Å². The van der Waals surface area contributed by atoms with Crippen LogP contribution in [0.4, 0.5) is 5.69 Å². The molecule has 0 spiro atoms. The molecular weight excluding hydrogens is 727 g/mol. The third-order valence-electron chi connectivity index (χ3n) is 10.0. The number of aromatic amines is 1. The number of piperidine rings is 1. The van der Waals surface area contributed by atoms with Crippen molar-refractivity contribution >= 4 is 17.6 Å². The van der Waals surface area contributed by atoms with E-state index >= 15 is 0 Å². The summed E-state index contributed by atoms with van der Waals surface area (Å²) in [7, 11) is 3.51. The van der Waals surface area contributed by atoms with Gasteiger partial charge >= 0.3 is 5.97 Å². The summed E-state index contributed by atoms with van der Waals surface area (Å²) < 4.78 is 27.2. The van der Waals surface area contributed by atoms with Gasteiger partial charge in [0.15, 0.2) is 11.6 Å². The highest BCUT2D eigenvalue weighted by Gasteiger charge is 2.39. The molecule has 0 aliphatic carbocycles. The molecule has 3 heterocycles. The topological polar surface area (TPSA) is 162 Å². The van der Waals surface area contributed by atoms with Crippen molar-refractivity contribution in [1.82, 2.24) is 30.4 Å². The van der Waals surface area contributed by atoms with Crippen LogP contribution in [-0.4, -0.2) is 110 Å². The number of nitrogens with one attached hydrogen (secondary N) is 3. The molecule has 1 atom stereocenters. The second-order valence-electron chi connectivity index (χ2n) is 14.4. The molecule has 0 bridgehead atoms. The van der Waals surface area contributed by atoms with E-state index in [1.165, 1.54) is 7.11 Å². The monoisotopic (exact) mass is 785 g/mol. The van der Waals surface area contributed by atoms with Gasteiger partial charge in [0.25, 0.3) is 5.91 Å². The second-order valence-corrected chi connectivity index (χ2v) is 14.4. The number of H-pyrrole nitrogens is 1. The van der Waals surface area contributed by atoms with E-state index in [2.05, 4.69) is 42.5 Å². The Bertz CT molecular complexity index is 1760. The van der Waals surface area contributed by atoms with Gasteiger partial charge in [0.05, 0.1) is 51.7 Å². The van der Waals surface area contributed by atoms with Crippen molar-refractivity contribution < 1.29 is 33.3 Å². The number of benzene rings is 2. The lowest BCUT2D eigenvalue weighted by Gasteiger charge is -2.40. The minimum Gasteiger partial charge on any atom is -0.494 e. The number of rotatable bonds is 25. The third-order valence-corrected chi connectivity index (χ3v) is 10.0. The van der Waals surface area contributed by atoms with Gasteiger partial charge in [-0.05, 0) is 101 Å². The molecule has 0 unspecified atom stereocenters. The van der Waals surface area contributed by atoms with Crippen molar-refractivity contribution in [2.45, 2.75) is 69.9 Å². The van der Waals surface area contributed by atoms with Gasteiger partial charge in [-0.1, -0.05) is 24.6 Å². The van der Waals surface area contributed by atoms with E-state index in [0.29, 0.717) is 70.5 Å². The van der Waals surface area contributed by atoms with Crippen LogP contribution < -0.4 is 15.4 Å². The summed E-state index contributed by atoms with van der Waals surface area (Å²) in [6, 6.07) is 19.2. The number of nitrogens with zero attached hydrogens (tertiary/aromatic N) is 4. The number of hydrogen-bond donors (Lipinski definition) is 3. The molecule has 1 fully saturated rings. The van der Waals surface area contributed by atoms with Crippen molar-refractivity contribution in [3.8, 4) is 17.1 Å². The number of esters is 1. The first-order valence-corrected chi connectivity index (χ1v) is 20.1. The highest BCUT2D eigenvalue weighted by Crippen LogP contribution is 2.35. The fraction of sp³-hybridized carbons (Fsp3) is 0.512. The van der Waals surface area contributed by atoms with E-state index in [1.807, 2.05) is 67.6 Å². The SMILES string of the molecule is COC(=O)CCCOCCOCCOCCCCCCOc1ccc([C@@H](C)NC(=O)c2cccc(NC3(c4nc(-c5ccncc5)n[nH]4)CCN(C)CC3)c2)cc1. The zero-order valence-electron chi connectivity index (χ0n) is 33.7. The zero-order chi connectivity index (χ0) is 40.1. The maximum atomic E-state index is 13.5. The van der Waals surface area contributed by atoms with Crippen LogP contribution in [0.15, 0.2) is 73.1 Å². The fourth-order valence-corrected chi connectivity index (χ4v) is 6.57. The number of carbonyl (C=O) groups excluding carboxylic acids is 2. The van der Waals surface area contributed by atoms with Gasteiger partial charge in [-0.3, -0.25) is 19.7 Å². The molecule has 2 aromatic carbocycles. The molecule has 14 nitrogen and oxygen atoms in total. The van der Waals surface area contributed by atoms with Crippen LogP contribution in [-0.2, 0) is 29.3 Å². The highest BCUT2D eigenvalue weighted by atomic mass is 16.5. The largest absolute Gasteiger partial charge is 0.494 e. The summed E-state index contributed by atoms with van der Waals surface area (Å²) in [6.07, 6.45) is 10.3. The van der Waals surface area contributed by atoms with Crippen molar-refractivity contribution in [1.29, 1.82) is 0 Å². The quantitative estimate of drug-likeness (QED) is 0.0507. The average molecular weight is 786 g/mol. The van der Waals surface area contributed by atoms with Gasteiger partial charge < -0.3 is 39.2 Å². The van der Waals surface area contributed by atoms with Crippen LogP contribution in [0.5, 0.6) is 5.75 Å². The van der Waals surface area contributed by atoms with Crippen molar-refractivity contribution in [2.75, 3.05) is 78.8 Å².